The molecular formula is C19H31NO7. The van der Waals surface area contributed by atoms with Crippen molar-refractivity contribution in [2.24, 2.45) is 5.92 Å². The maximum absolute atomic E-state index is 12.1. The van der Waals surface area contributed by atoms with E-state index >= 15 is 0 Å². The highest BCUT2D eigenvalue weighted by Gasteiger charge is 2.42. The van der Waals surface area contributed by atoms with Crippen LogP contribution in [0.3, 0.4) is 0 Å². The summed E-state index contributed by atoms with van der Waals surface area (Å²) < 4.78 is 17.0. The van der Waals surface area contributed by atoms with Crippen LogP contribution in [0.15, 0.2) is 23.8 Å². The lowest BCUT2D eigenvalue weighted by Gasteiger charge is -2.40. The zero-order valence-corrected chi connectivity index (χ0v) is 16.5. The van der Waals surface area contributed by atoms with Gasteiger partial charge < -0.3 is 29.7 Å². The van der Waals surface area contributed by atoms with Gasteiger partial charge in [0.1, 0.15) is 18.8 Å². The first-order chi connectivity index (χ1) is 12.7. The number of hydrogen-bond acceptors (Lipinski definition) is 7. The maximum atomic E-state index is 12.1. The third-order valence-electron chi connectivity index (χ3n) is 4.35. The van der Waals surface area contributed by atoms with E-state index in [4.69, 9.17) is 14.2 Å². The predicted molar refractivity (Wildman–Crippen MR) is 98.8 cm³/mol. The minimum absolute atomic E-state index is 0.0187. The first-order valence-electron chi connectivity index (χ1n) is 8.96. The van der Waals surface area contributed by atoms with Crippen LogP contribution in [0.2, 0.25) is 0 Å². The van der Waals surface area contributed by atoms with Gasteiger partial charge in [0.25, 0.3) is 0 Å². The van der Waals surface area contributed by atoms with Crippen molar-refractivity contribution in [3.63, 3.8) is 0 Å². The molecule has 6 atom stereocenters. The Morgan fingerprint density at radius 3 is 2.52 bits per heavy atom. The highest BCUT2D eigenvalue weighted by atomic mass is 16.6. The molecule has 0 aromatic carbocycles. The molecule has 0 bridgehead atoms. The predicted octanol–water partition coefficient (Wildman–Crippen LogP) is 0.328. The van der Waals surface area contributed by atoms with Gasteiger partial charge in [-0.25, -0.2) is 0 Å². The van der Waals surface area contributed by atoms with E-state index in [1.54, 1.807) is 19.3 Å². The highest BCUT2D eigenvalue weighted by Crippen LogP contribution is 2.29. The van der Waals surface area contributed by atoms with Crippen molar-refractivity contribution in [2.75, 3.05) is 20.3 Å². The average molecular weight is 385 g/mol. The summed E-state index contributed by atoms with van der Waals surface area (Å²) in [4.78, 5) is 23.1. The minimum Gasteiger partial charge on any atom is -0.455 e. The van der Waals surface area contributed by atoms with Gasteiger partial charge in [0, 0.05) is 20.0 Å². The fraction of sp³-hybridized carbons (Fsp3) is 0.684. The van der Waals surface area contributed by atoms with Crippen molar-refractivity contribution >= 4 is 11.9 Å². The van der Waals surface area contributed by atoms with E-state index in [0.717, 1.165) is 5.57 Å². The summed E-state index contributed by atoms with van der Waals surface area (Å²) >= 11 is 0. The van der Waals surface area contributed by atoms with Crippen LogP contribution in [-0.4, -0.2) is 72.9 Å². The van der Waals surface area contributed by atoms with Crippen LogP contribution in [0.5, 0.6) is 0 Å². The first kappa shape index (κ1) is 23.3. The Morgan fingerprint density at radius 1 is 1.30 bits per heavy atom. The second-order valence-electron chi connectivity index (χ2n) is 6.82. The Morgan fingerprint density at radius 2 is 1.96 bits per heavy atom. The number of rotatable bonds is 8. The van der Waals surface area contributed by atoms with Crippen molar-refractivity contribution in [1.82, 2.24) is 5.32 Å². The van der Waals surface area contributed by atoms with E-state index in [-0.39, 0.29) is 24.5 Å². The molecule has 8 heteroatoms. The summed E-state index contributed by atoms with van der Waals surface area (Å²) in [5, 5.41) is 21.3. The van der Waals surface area contributed by atoms with Crippen LogP contribution in [0, 0.1) is 5.92 Å². The summed E-state index contributed by atoms with van der Waals surface area (Å²) in [5.41, 5.74) is 0.773. The molecule has 0 spiro atoms. The number of esters is 1. The second kappa shape index (κ2) is 11.2. The molecule has 1 aliphatic heterocycles. The molecule has 1 saturated heterocycles. The fourth-order valence-corrected chi connectivity index (χ4v) is 2.79. The molecule has 1 rings (SSSR count). The molecule has 27 heavy (non-hydrogen) atoms. The number of carbonyl (C=O) groups excluding carboxylic acids is 2. The van der Waals surface area contributed by atoms with E-state index in [9.17, 15) is 19.8 Å². The van der Waals surface area contributed by atoms with Crippen LogP contribution in [0.1, 0.15) is 27.7 Å². The quantitative estimate of drug-likeness (QED) is 0.407. The molecule has 1 fully saturated rings. The largest absolute Gasteiger partial charge is 0.455 e. The smallest absolute Gasteiger partial charge is 0.325 e. The summed E-state index contributed by atoms with van der Waals surface area (Å²) in [7, 11) is 1.55. The lowest BCUT2D eigenvalue weighted by Crippen LogP contribution is -2.53. The number of methoxy groups -OCH3 is 1. The maximum Gasteiger partial charge on any atom is 0.325 e. The van der Waals surface area contributed by atoms with Crippen LogP contribution >= 0.6 is 0 Å². The van der Waals surface area contributed by atoms with E-state index < -0.39 is 30.4 Å². The second-order valence-corrected chi connectivity index (χ2v) is 6.82. The van der Waals surface area contributed by atoms with Crippen molar-refractivity contribution in [3.05, 3.63) is 23.8 Å². The molecule has 1 aliphatic rings. The van der Waals surface area contributed by atoms with Gasteiger partial charge in [-0.2, -0.15) is 0 Å². The van der Waals surface area contributed by atoms with Gasteiger partial charge in [0.2, 0.25) is 5.91 Å². The third-order valence-corrected chi connectivity index (χ3v) is 4.35. The molecule has 0 aliphatic carbocycles. The SMILES string of the molecule is CO[C@@H]1[C@@H](OC(=O)CNC(C)=O)[C@H](/C(C)=C/C=C/[C@H](O)[C@H](C)O)OC[C@@H]1C. The first-order valence-corrected chi connectivity index (χ1v) is 8.96. The van der Waals surface area contributed by atoms with E-state index in [1.807, 2.05) is 13.8 Å². The summed E-state index contributed by atoms with van der Waals surface area (Å²) in [6, 6.07) is 0. The summed E-state index contributed by atoms with van der Waals surface area (Å²) in [5.74, 6) is -0.879. The molecule has 0 saturated carbocycles. The van der Waals surface area contributed by atoms with Crippen molar-refractivity contribution in [2.45, 2.75) is 58.2 Å². The number of carbonyl (C=O) groups is 2. The molecule has 0 unspecified atom stereocenters. The topological polar surface area (TPSA) is 114 Å². The molecule has 0 radical (unpaired) electrons. The number of hydrogen-bond donors (Lipinski definition) is 3. The molecular weight excluding hydrogens is 354 g/mol. The van der Waals surface area contributed by atoms with Gasteiger partial charge in [0.05, 0.1) is 18.8 Å². The normalized spacial score (nSPS) is 28.6. The van der Waals surface area contributed by atoms with Crippen LogP contribution in [0.25, 0.3) is 0 Å². The zero-order chi connectivity index (χ0) is 20.6. The number of amides is 1. The number of aliphatic hydroxyl groups excluding tert-OH is 2. The molecule has 3 N–H and O–H groups in total. The number of aliphatic hydroxyl groups is 2. The lowest BCUT2D eigenvalue weighted by atomic mass is 9.90. The Labute approximate surface area is 160 Å². The minimum atomic E-state index is -0.973. The van der Waals surface area contributed by atoms with E-state index in [2.05, 4.69) is 5.32 Å². The summed E-state index contributed by atoms with van der Waals surface area (Å²) in [6.45, 7) is 6.78. The number of allylic oxidation sites excluding steroid dienone is 2. The lowest BCUT2D eigenvalue weighted by molar-refractivity contribution is -0.191. The fourth-order valence-electron chi connectivity index (χ4n) is 2.79. The Balaban J connectivity index is 2.92. The highest BCUT2D eigenvalue weighted by molar-refractivity contribution is 5.80. The average Bonchev–Trinajstić information content (AvgIpc) is 2.60. The van der Waals surface area contributed by atoms with Gasteiger partial charge >= 0.3 is 5.97 Å². The van der Waals surface area contributed by atoms with Gasteiger partial charge in [-0.1, -0.05) is 25.2 Å². The van der Waals surface area contributed by atoms with Crippen LogP contribution in [0.4, 0.5) is 0 Å². The molecule has 154 valence electrons. The van der Waals surface area contributed by atoms with Crippen LogP contribution < -0.4 is 5.32 Å². The number of ether oxygens (including phenoxy) is 3. The van der Waals surface area contributed by atoms with Crippen molar-refractivity contribution in [1.29, 1.82) is 0 Å². The Kier molecular flexibility index (Phi) is 9.65. The van der Waals surface area contributed by atoms with Gasteiger partial charge in [0.15, 0.2) is 6.10 Å². The molecule has 1 heterocycles. The van der Waals surface area contributed by atoms with Crippen molar-refractivity contribution in [3.8, 4) is 0 Å². The standard InChI is InChI=1S/C19H31NO7/c1-11(7-6-8-15(23)13(3)21)18-19(17(25-5)12(2)10-26-18)27-16(24)9-20-14(4)22/h6-8,12-13,15,17-19,21,23H,9-10H2,1-5H3,(H,20,22)/b8-6+,11-7+/t12-,13-,15-,17-,18-,19+/m0/s1. The van der Waals surface area contributed by atoms with Gasteiger partial charge in [-0.15, -0.1) is 0 Å². The Bertz CT molecular complexity index is 558. The number of nitrogens with one attached hydrogen (secondary N) is 1. The van der Waals surface area contributed by atoms with Gasteiger partial charge in [-0.3, -0.25) is 9.59 Å². The molecule has 0 aromatic rings. The van der Waals surface area contributed by atoms with Crippen molar-refractivity contribution < 1.29 is 34.0 Å². The monoisotopic (exact) mass is 385 g/mol. The molecule has 0 aromatic heterocycles. The van der Waals surface area contributed by atoms with Crippen LogP contribution in [-0.2, 0) is 23.8 Å². The van der Waals surface area contributed by atoms with Gasteiger partial charge in [-0.05, 0) is 19.4 Å². The summed E-state index contributed by atoms with van der Waals surface area (Å²) in [6.07, 6.45) is 1.40. The third kappa shape index (κ3) is 7.42. The molecule has 8 nitrogen and oxygen atoms in total. The van der Waals surface area contributed by atoms with E-state index in [1.165, 1.54) is 19.9 Å². The Hall–Kier alpha value is -1.74. The molecule has 1 amide bonds. The zero-order valence-electron chi connectivity index (χ0n) is 16.5. The van der Waals surface area contributed by atoms with E-state index in [0.29, 0.717) is 6.61 Å².